The second-order valence-electron chi connectivity index (χ2n) is 7.70. The van der Waals surface area contributed by atoms with Gasteiger partial charge in [-0.3, -0.25) is 9.36 Å². The van der Waals surface area contributed by atoms with Gasteiger partial charge in [0.25, 0.3) is 11.4 Å². The van der Waals surface area contributed by atoms with E-state index in [1.54, 1.807) is 27.2 Å². The van der Waals surface area contributed by atoms with E-state index in [-0.39, 0.29) is 10.8 Å². The molecule has 0 bridgehead atoms. The third kappa shape index (κ3) is 3.50. The minimum Gasteiger partial charge on any atom is -0.419 e. The predicted octanol–water partition coefficient (Wildman–Crippen LogP) is 6.29. The smallest absolute Gasteiger partial charge is 0.267 e. The number of aromatic nitrogens is 4. The number of thiophene rings is 2. The van der Waals surface area contributed by atoms with Crippen molar-refractivity contribution in [2.24, 2.45) is 0 Å². The molecule has 32 heavy (non-hydrogen) atoms. The number of hydrogen-bond acceptors (Lipinski definition) is 8. The van der Waals surface area contributed by atoms with E-state index in [0.717, 1.165) is 39.2 Å². The van der Waals surface area contributed by atoms with E-state index in [2.05, 4.69) is 15.6 Å². The second kappa shape index (κ2) is 7.99. The zero-order valence-electron chi connectivity index (χ0n) is 17.1. The van der Waals surface area contributed by atoms with Crippen molar-refractivity contribution in [3.63, 3.8) is 0 Å². The SMILES string of the molecule is CC(Sc1nc2scc(C3CC3)c2c(=O)n1-c1ccccc1)c1nnc(-c2cccs2)o1. The average molecular weight is 479 g/mol. The van der Waals surface area contributed by atoms with Gasteiger partial charge in [-0.15, -0.1) is 32.9 Å². The van der Waals surface area contributed by atoms with Crippen molar-refractivity contribution >= 4 is 44.7 Å². The molecule has 4 aromatic heterocycles. The van der Waals surface area contributed by atoms with Crippen molar-refractivity contribution in [1.29, 1.82) is 0 Å². The molecule has 160 valence electrons. The molecule has 1 aliphatic rings. The summed E-state index contributed by atoms with van der Waals surface area (Å²) in [5.41, 5.74) is 1.94. The summed E-state index contributed by atoms with van der Waals surface area (Å²) in [6.07, 6.45) is 2.29. The van der Waals surface area contributed by atoms with Gasteiger partial charge in [-0.05, 0) is 60.2 Å². The van der Waals surface area contributed by atoms with E-state index in [0.29, 0.717) is 22.9 Å². The van der Waals surface area contributed by atoms with Crippen LogP contribution in [-0.4, -0.2) is 19.7 Å². The highest BCUT2D eigenvalue weighted by Crippen LogP contribution is 2.45. The molecule has 6 nitrogen and oxygen atoms in total. The number of para-hydroxylation sites is 1. The van der Waals surface area contributed by atoms with Gasteiger partial charge in [0.15, 0.2) is 5.16 Å². The molecule has 0 aliphatic heterocycles. The number of rotatable bonds is 6. The molecule has 1 atom stereocenters. The quantitative estimate of drug-likeness (QED) is 0.211. The molecule has 1 fully saturated rings. The van der Waals surface area contributed by atoms with Crippen LogP contribution in [0.4, 0.5) is 0 Å². The van der Waals surface area contributed by atoms with E-state index >= 15 is 0 Å². The van der Waals surface area contributed by atoms with E-state index in [4.69, 9.17) is 9.40 Å². The van der Waals surface area contributed by atoms with Gasteiger partial charge in [-0.2, -0.15) is 0 Å². The lowest BCUT2D eigenvalue weighted by atomic mass is 10.1. The number of fused-ring (bicyclic) bond motifs is 1. The molecular formula is C23H18N4O2S3. The molecular weight excluding hydrogens is 460 g/mol. The van der Waals surface area contributed by atoms with E-state index in [9.17, 15) is 4.79 Å². The molecule has 6 rings (SSSR count). The third-order valence-electron chi connectivity index (χ3n) is 5.44. The summed E-state index contributed by atoms with van der Waals surface area (Å²) >= 11 is 4.57. The topological polar surface area (TPSA) is 73.8 Å². The Morgan fingerprint density at radius 2 is 1.97 bits per heavy atom. The van der Waals surface area contributed by atoms with E-state index in [1.807, 2.05) is 54.8 Å². The molecule has 0 N–H and O–H groups in total. The van der Waals surface area contributed by atoms with Gasteiger partial charge in [-0.1, -0.05) is 36.0 Å². The van der Waals surface area contributed by atoms with Crippen LogP contribution in [0.15, 0.2) is 67.6 Å². The molecule has 1 aromatic carbocycles. The number of nitrogens with zero attached hydrogens (tertiary/aromatic N) is 4. The van der Waals surface area contributed by atoms with Crippen molar-refractivity contribution in [2.45, 2.75) is 36.1 Å². The van der Waals surface area contributed by atoms with E-state index in [1.165, 1.54) is 11.8 Å². The van der Waals surface area contributed by atoms with Crippen LogP contribution < -0.4 is 5.56 Å². The summed E-state index contributed by atoms with van der Waals surface area (Å²) in [7, 11) is 0. The average Bonchev–Trinajstić information content (AvgIpc) is 3.22. The van der Waals surface area contributed by atoms with Gasteiger partial charge < -0.3 is 4.42 Å². The molecule has 0 radical (unpaired) electrons. The number of hydrogen-bond donors (Lipinski definition) is 0. The second-order valence-corrected chi connectivity index (χ2v) is 10.8. The van der Waals surface area contributed by atoms with Crippen LogP contribution in [0.25, 0.3) is 26.7 Å². The normalized spacial score (nSPS) is 14.8. The molecule has 0 saturated heterocycles. The standard InChI is InChI=1S/C23H18N4O2S3/c1-13(19-25-26-20(29-19)17-8-5-11-30-17)32-23-24-21-18(16(12-31-21)14-9-10-14)22(28)27(23)15-6-3-2-4-7-15/h2-8,11-14H,9-10H2,1H3. The Morgan fingerprint density at radius 1 is 1.12 bits per heavy atom. The Morgan fingerprint density at radius 3 is 2.72 bits per heavy atom. The first kappa shape index (κ1) is 19.9. The fraction of sp³-hybridized carbons (Fsp3) is 0.217. The van der Waals surface area contributed by atoms with E-state index < -0.39 is 0 Å². The highest BCUT2D eigenvalue weighted by Gasteiger charge is 2.29. The largest absolute Gasteiger partial charge is 0.419 e. The van der Waals surface area contributed by atoms with Crippen LogP contribution in [-0.2, 0) is 0 Å². The van der Waals surface area contributed by atoms with Gasteiger partial charge in [0.05, 0.1) is 21.2 Å². The highest BCUT2D eigenvalue weighted by molar-refractivity contribution is 7.99. The third-order valence-corrected chi connectivity index (χ3v) is 8.23. The zero-order chi connectivity index (χ0) is 21.7. The number of benzene rings is 1. The summed E-state index contributed by atoms with van der Waals surface area (Å²) < 4.78 is 7.64. The van der Waals surface area contributed by atoms with Crippen molar-refractivity contribution in [1.82, 2.24) is 19.7 Å². The summed E-state index contributed by atoms with van der Waals surface area (Å²) in [6.45, 7) is 1.99. The monoisotopic (exact) mass is 478 g/mol. The fourth-order valence-electron chi connectivity index (χ4n) is 3.68. The maximum atomic E-state index is 13.7. The lowest BCUT2D eigenvalue weighted by Gasteiger charge is -2.14. The van der Waals surface area contributed by atoms with Crippen molar-refractivity contribution in [2.75, 3.05) is 0 Å². The van der Waals surface area contributed by atoms with Crippen molar-refractivity contribution in [3.05, 3.63) is 75.0 Å². The van der Waals surface area contributed by atoms with Gasteiger partial charge in [0.1, 0.15) is 4.83 Å². The molecule has 9 heteroatoms. The fourth-order valence-corrected chi connectivity index (χ4v) is 6.34. The summed E-state index contributed by atoms with van der Waals surface area (Å²) in [4.78, 5) is 20.4. The number of thioether (sulfide) groups is 1. The van der Waals surface area contributed by atoms with Crippen LogP contribution in [0.5, 0.6) is 0 Å². The lowest BCUT2D eigenvalue weighted by molar-refractivity contribution is 0.510. The molecule has 1 saturated carbocycles. The predicted molar refractivity (Wildman–Crippen MR) is 129 cm³/mol. The van der Waals surface area contributed by atoms with Crippen LogP contribution >= 0.6 is 34.4 Å². The molecule has 1 aliphatic carbocycles. The van der Waals surface area contributed by atoms with Crippen LogP contribution in [0.1, 0.15) is 42.4 Å². The Hall–Kier alpha value is -2.75. The molecule has 4 heterocycles. The molecule has 0 spiro atoms. The van der Waals surface area contributed by atoms with Gasteiger partial charge in [0, 0.05) is 0 Å². The molecule has 5 aromatic rings. The van der Waals surface area contributed by atoms with Crippen LogP contribution in [0, 0.1) is 0 Å². The maximum Gasteiger partial charge on any atom is 0.267 e. The van der Waals surface area contributed by atoms with Crippen LogP contribution in [0.3, 0.4) is 0 Å². The Labute approximate surface area is 196 Å². The van der Waals surface area contributed by atoms with Gasteiger partial charge >= 0.3 is 0 Å². The molecule has 0 amide bonds. The van der Waals surface area contributed by atoms with Crippen LogP contribution in [0.2, 0.25) is 0 Å². The summed E-state index contributed by atoms with van der Waals surface area (Å²) in [5.74, 6) is 1.52. The first-order chi connectivity index (χ1) is 15.7. The van der Waals surface area contributed by atoms with Gasteiger partial charge in [0.2, 0.25) is 5.89 Å². The first-order valence-corrected chi connectivity index (χ1v) is 13.0. The minimum atomic E-state index is -0.168. The highest BCUT2D eigenvalue weighted by atomic mass is 32.2. The van der Waals surface area contributed by atoms with Crippen molar-refractivity contribution < 1.29 is 4.42 Å². The zero-order valence-corrected chi connectivity index (χ0v) is 19.5. The Balaban J connectivity index is 1.43. The summed E-state index contributed by atoms with van der Waals surface area (Å²) in [6, 6.07) is 13.6. The summed E-state index contributed by atoms with van der Waals surface area (Å²) in [5, 5.41) is 13.7. The van der Waals surface area contributed by atoms with Crippen molar-refractivity contribution in [3.8, 4) is 16.5 Å². The minimum absolute atomic E-state index is 0.0103. The lowest BCUT2D eigenvalue weighted by Crippen LogP contribution is -2.22. The maximum absolute atomic E-state index is 13.7. The Bertz CT molecular complexity index is 1450. The first-order valence-electron chi connectivity index (χ1n) is 10.3. The Kier molecular flexibility index (Phi) is 4.97. The molecule has 1 unspecified atom stereocenters. The van der Waals surface area contributed by atoms with Gasteiger partial charge in [-0.25, -0.2) is 4.98 Å².